The van der Waals surface area contributed by atoms with E-state index in [2.05, 4.69) is 6.07 Å². The molecule has 1 fully saturated rings. The Hall–Kier alpha value is -0.590. The maximum absolute atomic E-state index is 8.88. The van der Waals surface area contributed by atoms with Gasteiger partial charge in [0, 0.05) is 6.61 Å². The molecule has 0 aromatic heterocycles. The maximum atomic E-state index is 8.88. The maximum Gasteiger partial charge on any atom is 0.104 e. The highest BCUT2D eigenvalue weighted by Gasteiger charge is 2.21. The van der Waals surface area contributed by atoms with Crippen LogP contribution < -0.4 is 5.73 Å². The summed E-state index contributed by atoms with van der Waals surface area (Å²) < 4.78 is 5.72. The van der Waals surface area contributed by atoms with E-state index in [9.17, 15) is 0 Å². The van der Waals surface area contributed by atoms with Gasteiger partial charge in [-0.05, 0) is 32.1 Å². The first kappa shape index (κ1) is 12.5. The molecule has 3 nitrogen and oxygen atoms in total. The monoisotopic (exact) mass is 210 g/mol. The highest BCUT2D eigenvalue weighted by Crippen LogP contribution is 2.21. The van der Waals surface area contributed by atoms with Crippen molar-refractivity contribution in [2.75, 3.05) is 6.61 Å². The van der Waals surface area contributed by atoms with E-state index in [1.807, 2.05) is 6.92 Å². The lowest BCUT2D eigenvalue weighted by atomic mass is 9.94. The lowest BCUT2D eigenvalue weighted by molar-refractivity contribution is 0.0540. The van der Waals surface area contributed by atoms with E-state index in [-0.39, 0.29) is 0 Å². The molecule has 1 aliphatic carbocycles. The second kappa shape index (κ2) is 6.09. The van der Waals surface area contributed by atoms with Gasteiger partial charge in [-0.25, -0.2) is 0 Å². The fourth-order valence-corrected chi connectivity index (χ4v) is 2.00. The van der Waals surface area contributed by atoms with Crippen LogP contribution in [0, 0.1) is 11.3 Å². The Morgan fingerprint density at radius 1 is 1.47 bits per heavy atom. The van der Waals surface area contributed by atoms with Gasteiger partial charge in [-0.1, -0.05) is 19.8 Å². The van der Waals surface area contributed by atoms with E-state index >= 15 is 0 Å². The first-order valence-corrected chi connectivity index (χ1v) is 6.02. The quantitative estimate of drug-likeness (QED) is 0.685. The summed E-state index contributed by atoms with van der Waals surface area (Å²) >= 11 is 0. The van der Waals surface area contributed by atoms with Gasteiger partial charge in [-0.3, -0.25) is 0 Å². The number of rotatable bonds is 6. The zero-order chi connectivity index (χ0) is 11.1. The molecule has 0 saturated heterocycles. The Morgan fingerprint density at radius 3 is 2.67 bits per heavy atom. The van der Waals surface area contributed by atoms with E-state index in [0.29, 0.717) is 12.5 Å². The van der Waals surface area contributed by atoms with Crippen molar-refractivity contribution >= 4 is 0 Å². The first-order valence-electron chi connectivity index (χ1n) is 6.02. The molecule has 0 amide bonds. The van der Waals surface area contributed by atoms with Crippen LogP contribution in [-0.2, 0) is 4.74 Å². The molecule has 1 unspecified atom stereocenters. The average molecular weight is 210 g/mol. The zero-order valence-electron chi connectivity index (χ0n) is 9.67. The molecule has 0 aliphatic heterocycles. The number of nitriles is 1. The summed E-state index contributed by atoms with van der Waals surface area (Å²) in [5.74, 6) is 0. The van der Waals surface area contributed by atoms with Crippen LogP contribution >= 0.6 is 0 Å². The molecule has 1 atom stereocenters. The van der Waals surface area contributed by atoms with Crippen LogP contribution in [0.25, 0.3) is 0 Å². The summed E-state index contributed by atoms with van der Waals surface area (Å²) in [6.45, 7) is 2.71. The van der Waals surface area contributed by atoms with Crippen LogP contribution in [0.2, 0.25) is 0 Å². The van der Waals surface area contributed by atoms with Crippen molar-refractivity contribution in [3.8, 4) is 6.07 Å². The SMILES string of the molecule is CCC(N)(C#N)CCCOC1CCCC1. The van der Waals surface area contributed by atoms with Crippen molar-refractivity contribution in [2.45, 2.75) is 63.5 Å². The van der Waals surface area contributed by atoms with Gasteiger partial charge in [-0.15, -0.1) is 0 Å². The van der Waals surface area contributed by atoms with Crippen LogP contribution in [0.3, 0.4) is 0 Å². The molecule has 0 radical (unpaired) electrons. The number of hydrogen-bond donors (Lipinski definition) is 1. The van der Waals surface area contributed by atoms with Gasteiger partial charge in [0.25, 0.3) is 0 Å². The van der Waals surface area contributed by atoms with Crippen molar-refractivity contribution in [2.24, 2.45) is 5.73 Å². The average Bonchev–Trinajstić information content (AvgIpc) is 2.77. The molecule has 2 N–H and O–H groups in total. The molecule has 0 spiro atoms. The summed E-state index contributed by atoms with van der Waals surface area (Å²) in [5, 5.41) is 8.88. The van der Waals surface area contributed by atoms with E-state index in [1.165, 1.54) is 25.7 Å². The van der Waals surface area contributed by atoms with Crippen LogP contribution in [-0.4, -0.2) is 18.2 Å². The van der Waals surface area contributed by atoms with E-state index in [0.717, 1.165) is 19.4 Å². The molecular weight excluding hydrogens is 188 g/mol. The van der Waals surface area contributed by atoms with Crippen molar-refractivity contribution < 1.29 is 4.74 Å². The molecular formula is C12H22N2O. The molecule has 0 bridgehead atoms. The van der Waals surface area contributed by atoms with Crippen LogP contribution in [0.15, 0.2) is 0 Å². The summed E-state index contributed by atoms with van der Waals surface area (Å²) in [6.07, 6.45) is 7.85. The van der Waals surface area contributed by atoms with Crippen molar-refractivity contribution in [3.05, 3.63) is 0 Å². The van der Waals surface area contributed by atoms with Gasteiger partial charge in [-0.2, -0.15) is 5.26 Å². The molecule has 1 rings (SSSR count). The lowest BCUT2D eigenvalue weighted by Gasteiger charge is -2.19. The predicted molar refractivity (Wildman–Crippen MR) is 60.3 cm³/mol. The van der Waals surface area contributed by atoms with E-state index < -0.39 is 5.54 Å². The van der Waals surface area contributed by atoms with Gasteiger partial charge in [0.15, 0.2) is 0 Å². The Balaban J connectivity index is 2.08. The topological polar surface area (TPSA) is 59.0 Å². The third-order valence-electron chi connectivity index (χ3n) is 3.28. The van der Waals surface area contributed by atoms with Crippen LogP contribution in [0.4, 0.5) is 0 Å². The van der Waals surface area contributed by atoms with Gasteiger partial charge in [0.2, 0.25) is 0 Å². The van der Waals surface area contributed by atoms with Crippen molar-refractivity contribution in [3.63, 3.8) is 0 Å². The van der Waals surface area contributed by atoms with Crippen LogP contribution in [0.5, 0.6) is 0 Å². The Morgan fingerprint density at radius 2 is 2.13 bits per heavy atom. The van der Waals surface area contributed by atoms with Crippen molar-refractivity contribution in [1.82, 2.24) is 0 Å². The molecule has 86 valence electrons. The van der Waals surface area contributed by atoms with Crippen molar-refractivity contribution in [1.29, 1.82) is 5.26 Å². The lowest BCUT2D eigenvalue weighted by Crippen LogP contribution is -2.37. The van der Waals surface area contributed by atoms with Gasteiger partial charge < -0.3 is 10.5 Å². The number of ether oxygens (including phenoxy) is 1. The van der Waals surface area contributed by atoms with E-state index in [4.69, 9.17) is 15.7 Å². The third-order valence-corrected chi connectivity index (χ3v) is 3.28. The molecule has 1 aliphatic rings. The predicted octanol–water partition coefficient (Wildman–Crippen LogP) is 2.36. The second-order valence-electron chi connectivity index (χ2n) is 4.50. The number of nitrogens with two attached hydrogens (primary N) is 1. The Bertz CT molecular complexity index is 218. The summed E-state index contributed by atoms with van der Waals surface area (Å²) in [5.41, 5.74) is 5.23. The zero-order valence-corrected chi connectivity index (χ0v) is 9.67. The molecule has 0 aromatic carbocycles. The van der Waals surface area contributed by atoms with Crippen LogP contribution in [0.1, 0.15) is 51.9 Å². The largest absolute Gasteiger partial charge is 0.378 e. The molecule has 1 saturated carbocycles. The molecule has 0 aromatic rings. The van der Waals surface area contributed by atoms with E-state index in [1.54, 1.807) is 0 Å². The van der Waals surface area contributed by atoms with Gasteiger partial charge in [0.1, 0.15) is 5.54 Å². The fourth-order valence-electron chi connectivity index (χ4n) is 2.00. The van der Waals surface area contributed by atoms with Gasteiger partial charge >= 0.3 is 0 Å². The highest BCUT2D eigenvalue weighted by molar-refractivity contribution is 5.03. The van der Waals surface area contributed by atoms with Gasteiger partial charge in [0.05, 0.1) is 12.2 Å². The summed E-state index contributed by atoms with van der Waals surface area (Å²) in [6, 6.07) is 2.18. The minimum atomic E-state index is -0.640. The molecule has 0 heterocycles. The summed E-state index contributed by atoms with van der Waals surface area (Å²) in [7, 11) is 0. The standard InChI is InChI=1S/C12H22N2O/c1-2-12(14,10-13)8-5-9-15-11-6-3-4-7-11/h11H,2-9,14H2,1H3. The Kier molecular flexibility index (Phi) is 5.07. The third kappa shape index (κ3) is 4.19. The highest BCUT2D eigenvalue weighted by atomic mass is 16.5. The summed E-state index contributed by atoms with van der Waals surface area (Å²) in [4.78, 5) is 0. The smallest absolute Gasteiger partial charge is 0.104 e. The normalized spacial score (nSPS) is 21.1. The Labute approximate surface area is 92.6 Å². The molecule has 15 heavy (non-hydrogen) atoms. The number of hydrogen-bond acceptors (Lipinski definition) is 3. The fraction of sp³-hybridized carbons (Fsp3) is 0.917. The first-order chi connectivity index (χ1) is 7.20. The second-order valence-corrected chi connectivity index (χ2v) is 4.50. The number of nitrogens with zero attached hydrogens (tertiary/aromatic N) is 1. The minimum Gasteiger partial charge on any atom is -0.378 e. The minimum absolute atomic E-state index is 0.473. The molecule has 3 heteroatoms.